The number of anilines is 3. The SMILES string of the molecule is CC(C)(C)OOCNc1nc(N)nc(N)n1. The number of nitrogen functional groups attached to an aromatic ring is 2. The zero-order valence-corrected chi connectivity index (χ0v) is 9.52. The Labute approximate surface area is 93.3 Å². The molecule has 0 bridgehead atoms. The van der Waals surface area contributed by atoms with Crippen LogP contribution < -0.4 is 16.8 Å². The van der Waals surface area contributed by atoms with Gasteiger partial charge in [0.05, 0.1) is 5.60 Å². The number of aromatic nitrogens is 3. The van der Waals surface area contributed by atoms with Crippen molar-refractivity contribution in [2.24, 2.45) is 0 Å². The largest absolute Gasteiger partial charge is 0.368 e. The third-order valence-corrected chi connectivity index (χ3v) is 1.27. The maximum absolute atomic E-state index is 5.38. The molecule has 8 heteroatoms. The molecule has 8 nitrogen and oxygen atoms in total. The average molecular weight is 228 g/mol. The lowest BCUT2D eigenvalue weighted by atomic mass is 10.2. The second-order valence-electron chi connectivity index (χ2n) is 4.01. The predicted octanol–water partition coefficient (Wildman–Crippen LogP) is 0.152. The van der Waals surface area contributed by atoms with Crippen molar-refractivity contribution in [3.8, 4) is 0 Å². The van der Waals surface area contributed by atoms with E-state index in [0.29, 0.717) is 0 Å². The van der Waals surface area contributed by atoms with Crippen LogP contribution in [-0.4, -0.2) is 27.3 Å². The molecular formula is C8H16N6O2. The molecular weight excluding hydrogens is 212 g/mol. The zero-order chi connectivity index (χ0) is 12.2. The van der Waals surface area contributed by atoms with Crippen molar-refractivity contribution in [2.75, 3.05) is 23.5 Å². The molecule has 90 valence electrons. The Hall–Kier alpha value is -1.67. The van der Waals surface area contributed by atoms with E-state index in [1.165, 1.54) is 0 Å². The number of hydrogen-bond donors (Lipinski definition) is 3. The highest BCUT2D eigenvalue weighted by atomic mass is 17.2. The van der Waals surface area contributed by atoms with Crippen LogP contribution >= 0.6 is 0 Å². The number of rotatable bonds is 4. The van der Waals surface area contributed by atoms with Crippen molar-refractivity contribution in [3.63, 3.8) is 0 Å². The fourth-order valence-electron chi connectivity index (χ4n) is 0.789. The summed E-state index contributed by atoms with van der Waals surface area (Å²) < 4.78 is 0. The molecule has 0 radical (unpaired) electrons. The Morgan fingerprint density at radius 2 is 1.69 bits per heavy atom. The van der Waals surface area contributed by atoms with Crippen LogP contribution in [0.3, 0.4) is 0 Å². The third kappa shape index (κ3) is 4.71. The van der Waals surface area contributed by atoms with Crippen LogP contribution in [0.5, 0.6) is 0 Å². The molecule has 0 aliphatic rings. The van der Waals surface area contributed by atoms with E-state index in [2.05, 4.69) is 20.3 Å². The lowest BCUT2D eigenvalue weighted by molar-refractivity contribution is -0.344. The summed E-state index contributed by atoms with van der Waals surface area (Å²) in [6.45, 7) is 5.68. The first kappa shape index (κ1) is 12.4. The minimum absolute atomic E-state index is 0.0479. The van der Waals surface area contributed by atoms with Crippen LogP contribution in [0.4, 0.5) is 17.8 Å². The normalized spacial score (nSPS) is 11.4. The molecule has 0 amide bonds. The monoisotopic (exact) mass is 228 g/mol. The van der Waals surface area contributed by atoms with E-state index >= 15 is 0 Å². The molecule has 0 atom stereocenters. The van der Waals surface area contributed by atoms with Crippen molar-refractivity contribution in [2.45, 2.75) is 26.4 Å². The summed E-state index contributed by atoms with van der Waals surface area (Å²) >= 11 is 0. The maximum Gasteiger partial charge on any atom is 0.231 e. The Bertz CT molecular complexity index is 331. The minimum atomic E-state index is -0.376. The highest BCUT2D eigenvalue weighted by Crippen LogP contribution is 2.07. The third-order valence-electron chi connectivity index (χ3n) is 1.27. The van der Waals surface area contributed by atoms with Crippen molar-refractivity contribution < 1.29 is 9.78 Å². The van der Waals surface area contributed by atoms with E-state index in [0.717, 1.165) is 0 Å². The van der Waals surface area contributed by atoms with Crippen LogP contribution in [0, 0.1) is 0 Å². The molecule has 0 fully saturated rings. The lowest BCUT2D eigenvalue weighted by Crippen LogP contribution is -2.22. The molecule has 1 rings (SSSR count). The predicted molar refractivity (Wildman–Crippen MR) is 59.1 cm³/mol. The number of nitrogens with one attached hydrogen (secondary N) is 1. The van der Waals surface area contributed by atoms with Gasteiger partial charge < -0.3 is 16.8 Å². The van der Waals surface area contributed by atoms with Gasteiger partial charge in [-0.3, -0.25) is 0 Å². The molecule has 1 aromatic rings. The molecule has 0 saturated heterocycles. The quantitative estimate of drug-likeness (QED) is 0.288. The highest BCUT2D eigenvalue weighted by Gasteiger charge is 2.11. The van der Waals surface area contributed by atoms with Gasteiger partial charge in [-0.25, -0.2) is 9.78 Å². The summed E-state index contributed by atoms with van der Waals surface area (Å²) in [5.74, 6) is 0.334. The summed E-state index contributed by atoms with van der Waals surface area (Å²) in [7, 11) is 0. The summed E-state index contributed by atoms with van der Waals surface area (Å²) in [6.07, 6.45) is 0. The average Bonchev–Trinajstić information content (AvgIpc) is 2.09. The van der Waals surface area contributed by atoms with Gasteiger partial charge in [-0.2, -0.15) is 15.0 Å². The smallest absolute Gasteiger partial charge is 0.231 e. The zero-order valence-electron chi connectivity index (χ0n) is 9.52. The molecule has 0 unspecified atom stereocenters. The van der Waals surface area contributed by atoms with Gasteiger partial charge in [-0.15, -0.1) is 0 Å². The van der Waals surface area contributed by atoms with Crippen LogP contribution in [0.15, 0.2) is 0 Å². The van der Waals surface area contributed by atoms with Gasteiger partial charge in [0.25, 0.3) is 0 Å². The van der Waals surface area contributed by atoms with E-state index in [1.54, 1.807) is 0 Å². The van der Waals surface area contributed by atoms with Gasteiger partial charge in [0, 0.05) is 0 Å². The molecule has 1 heterocycles. The first-order valence-corrected chi connectivity index (χ1v) is 4.68. The maximum atomic E-state index is 5.38. The summed E-state index contributed by atoms with van der Waals surface area (Å²) in [5.41, 5.74) is 10.4. The Morgan fingerprint density at radius 1 is 1.12 bits per heavy atom. The first-order valence-electron chi connectivity index (χ1n) is 4.68. The molecule has 5 N–H and O–H groups in total. The fourth-order valence-corrected chi connectivity index (χ4v) is 0.789. The van der Waals surface area contributed by atoms with Crippen LogP contribution in [-0.2, 0) is 9.78 Å². The van der Waals surface area contributed by atoms with E-state index in [4.69, 9.17) is 21.2 Å². The van der Waals surface area contributed by atoms with Gasteiger partial charge in [0.15, 0.2) is 6.73 Å². The molecule has 0 aromatic carbocycles. The molecule has 0 spiro atoms. The molecule has 16 heavy (non-hydrogen) atoms. The Balaban J connectivity index is 2.37. The van der Waals surface area contributed by atoms with E-state index in [-0.39, 0.29) is 30.2 Å². The van der Waals surface area contributed by atoms with Crippen molar-refractivity contribution >= 4 is 17.8 Å². The van der Waals surface area contributed by atoms with E-state index in [9.17, 15) is 0 Å². The number of nitrogens with two attached hydrogens (primary N) is 2. The van der Waals surface area contributed by atoms with E-state index in [1.807, 2.05) is 20.8 Å². The van der Waals surface area contributed by atoms with Crippen LogP contribution in [0.1, 0.15) is 20.8 Å². The van der Waals surface area contributed by atoms with Crippen LogP contribution in [0.2, 0.25) is 0 Å². The topological polar surface area (TPSA) is 121 Å². The Morgan fingerprint density at radius 3 is 2.19 bits per heavy atom. The fraction of sp³-hybridized carbons (Fsp3) is 0.625. The van der Waals surface area contributed by atoms with E-state index < -0.39 is 0 Å². The van der Waals surface area contributed by atoms with Gasteiger partial charge in [-0.1, -0.05) is 0 Å². The van der Waals surface area contributed by atoms with Crippen molar-refractivity contribution in [1.29, 1.82) is 0 Å². The van der Waals surface area contributed by atoms with Crippen molar-refractivity contribution in [3.05, 3.63) is 0 Å². The van der Waals surface area contributed by atoms with Gasteiger partial charge >= 0.3 is 0 Å². The number of hydrogen-bond acceptors (Lipinski definition) is 8. The summed E-state index contributed by atoms with van der Waals surface area (Å²) in [6, 6.07) is 0. The van der Waals surface area contributed by atoms with Crippen LogP contribution in [0.25, 0.3) is 0 Å². The molecule has 0 saturated carbocycles. The first-order chi connectivity index (χ1) is 7.37. The van der Waals surface area contributed by atoms with Gasteiger partial charge in [0.1, 0.15) is 0 Å². The summed E-state index contributed by atoms with van der Waals surface area (Å²) in [5, 5.41) is 2.73. The van der Waals surface area contributed by atoms with Gasteiger partial charge in [-0.05, 0) is 20.8 Å². The Kier molecular flexibility index (Phi) is 3.80. The van der Waals surface area contributed by atoms with Crippen molar-refractivity contribution in [1.82, 2.24) is 15.0 Å². The molecule has 0 aliphatic carbocycles. The standard InChI is InChI=1S/C8H16N6O2/c1-8(2,3)16-15-4-11-7-13-5(9)12-6(10)14-7/h4H2,1-3H3,(H5,9,10,11,12,13,14). The second-order valence-corrected chi connectivity index (χ2v) is 4.01. The molecule has 1 aromatic heterocycles. The molecule has 0 aliphatic heterocycles. The van der Waals surface area contributed by atoms with Gasteiger partial charge in [0.2, 0.25) is 17.8 Å². The summed E-state index contributed by atoms with van der Waals surface area (Å²) in [4.78, 5) is 21.1. The minimum Gasteiger partial charge on any atom is -0.368 e. The highest BCUT2D eigenvalue weighted by molar-refractivity contribution is 5.36. The number of nitrogens with zero attached hydrogens (tertiary/aromatic N) is 3. The second kappa shape index (κ2) is 4.90. The lowest BCUT2D eigenvalue weighted by Gasteiger charge is -2.17.